The minimum absolute atomic E-state index is 0.0747. The van der Waals surface area contributed by atoms with Crippen LogP contribution in [0.2, 0.25) is 0 Å². The van der Waals surface area contributed by atoms with E-state index >= 15 is 0 Å². The Morgan fingerprint density at radius 3 is 2.90 bits per heavy atom. The summed E-state index contributed by atoms with van der Waals surface area (Å²) in [5.41, 5.74) is 2.97. The molecule has 0 aliphatic carbocycles. The Bertz CT molecular complexity index is 468. The van der Waals surface area contributed by atoms with Crippen LogP contribution in [0.15, 0.2) is 18.2 Å². The van der Waals surface area contributed by atoms with Crippen LogP contribution < -0.4 is 5.32 Å². The smallest absolute Gasteiger partial charge is 0.253 e. The molecular weight excluding hydrogens is 252 g/mol. The van der Waals surface area contributed by atoms with Crippen LogP contribution in [0.25, 0.3) is 0 Å². The van der Waals surface area contributed by atoms with Crippen molar-refractivity contribution in [2.75, 3.05) is 32.1 Å². The zero-order chi connectivity index (χ0) is 14.5. The summed E-state index contributed by atoms with van der Waals surface area (Å²) in [5, 5.41) is 3.37. The Morgan fingerprint density at radius 1 is 1.50 bits per heavy atom. The lowest BCUT2D eigenvalue weighted by Crippen LogP contribution is -2.37. The molecule has 110 valence electrons. The molecule has 0 aromatic heterocycles. The monoisotopic (exact) mass is 276 g/mol. The van der Waals surface area contributed by atoms with Gasteiger partial charge in [0.25, 0.3) is 5.91 Å². The highest BCUT2D eigenvalue weighted by Gasteiger charge is 2.25. The Balaban J connectivity index is 2.08. The molecule has 1 aliphatic rings. The summed E-state index contributed by atoms with van der Waals surface area (Å²) < 4.78 is 5.35. The van der Waals surface area contributed by atoms with Crippen LogP contribution in [-0.4, -0.2) is 43.7 Å². The largest absolute Gasteiger partial charge is 0.385 e. The summed E-state index contributed by atoms with van der Waals surface area (Å²) in [6.07, 6.45) is 2.02. The molecule has 1 atom stereocenters. The second-order valence-corrected chi connectivity index (χ2v) is 5.39. The fraction of sp³-hybridized carbons (Fsp3) is 0.562. The van der Waals surface area contributed by atoms with Crippen LogP contribution in [0.5, 0.6) is 0 Å². The number of likely N-dealkylation sites (N-methyl/N-ethyl adjacent to an activating group) is 1. The van der Waals surface area contributed by atoms with Gasteiger partial charge in [0.15, 0.2) is 0 Å². The first kappa shape index (κ1) is 14.9. The Labute approximate surface area is 121 Å². The number of hydrogen-bond donors (Lipinski definition) is 1. The first-order chi connectivity index (χ1) is 9.63. The summed E-state index contributed by atoms with van der Waals surface area (Å²) in [7, 11) is 1.86. The van der Waals surface area contributed by atoms with E-state index < -0.39 is 0 Å². The SMILES string of the molecule is CCCNc1ccc(C(=O)N(C)C2CCOC2)cc1C. The molecule has 1 saturated heterocycles. The molecule has 1 unspecified atom stereocenters. The van der Waals surface area contributed by atoms with E-state index in [9.17, 15) is 4.79 Å². The lowest BCUT2D eigenvalue weighted by Gasteiger charge is -2.23. The quantitative estimate of drug-likeness (QED) is 0.899. The van der Waals surface area contributed by atoms with E-state index in [1.807, 2.05) is 32.2 Å². The van der Waals surface area contributed by atoms with Crippen LogP contribution in [0.3, 0.4) is 0 Å². The van der Waals surface area contributed by atoms with Gasteiger partial charge in [0.1, 0.15) is 0 Å². The average molecular weight is 276 g/mol. The van der Waals surface area contributed by atoms with Crippen molar-refractivity contribution in [1.29, 1.82) is 0 Å². The summed E-state index contributed by atoms with van der Waals surface area (Å²) in [6.45, 7) is 6.53. The summed E-state index contributed by atoms with van der Waals surface area (Å²) in [4.78, 5) is 14.3. The van der Waals surface area contributed by atoms with Crippen molar-refractivity contribution in [3.8, 4) is 0 Å². The van der Waals surface area contributed by atoms with Gasteiger partial charge < -0.3 is 15.0 Å². The van der Waals surface area contributed by atoms with E-state index in [1.165, 1.54) is 0 Å². The Hall–Kier alpha value is -1.55. The second-order valence-electron chi connectivity index (χ2n) is 5.39. The van der Waals surface area contributed by atoms with Gasteiger partial charge in [0.05, 0.1) is 12.6 Å². The third-order valence-electron chi connectivity index (χ3n) is 3.81. The third kappa shape index (κ3) is 3.31. The van der Waals surface area contributed by atoms with E-state index in [4.69, 9.17) is 4.74 Å². The van der Waals surface area contributed by atoms with Crippen LogP contribution >= 0.6 is 0 Å². The summed E-state index contributed by atoms with van der Waals surface area (Å²) >= 11 is 0. The van der Waals surface area contributed by atoms with Gasteiger partial charge in [-0.2, -0.15) is 0 Å². The van der Waals surface area contributed by atoms with Gasteiger partial charge in [-0.15, -0.1) is 0 Å². The van der Waals surface area contributed by atoms with Gasteiger partial charge in [0, 0.05) is 31.5 Å². The minimum atomic E-state index is 0.0747. The number of ether oxygens (including phenoxy) is 1. The first-order valence-corrected chi connectivity index (χ1v) is 7.33. The van der Waals surface area contributed by atoms with Crippen molar-refractivity contribution in [1.82, 2.24) is 4.90 Å². The number of benzene rings is 1. The molecule has 1 aliphatic heterocycles. The maximum absolute atomic E-state index is 12.5. The number of amides is 1. The first-order valence-electron chi connectivity index (χ1n) is 7.33. The van der Waals surface area contributed by atoms with Crippen LogP contribution in [0.1, 0.15) is 35.7 Å². The molecule has 1 aromatic carbocycles. The predicted octanol–water partition coefficient (Wildman–Crippen LogP) is 2.68. The molecule has 1 heterocycles. The lowest BCUT2D eigenvalue weighted by atomic mass is 10.1. The van der Waals surface area contributed by atoms with E-state index in [2.05, 4.69) is 12.2 Å². The van der Waals surface area contributed by atoms with E-state index in [0.717, 1.165) is 42.8 Å². The topological polar surface area (TPSA) is 41.6 Å². The molecule has 1 N–H and O–H groups in total. The normalized spacial score (nSPS) is 18.1. The third-order valence-corrected chi connectivity index (χ3v) is 3.81. The standard InChI is InChI=1S/C16H24N2O2/c1-4-8-17-15-6-5-13(10-12(15)2)16(19)18(3)14-7-9-20-11-14/h5-6,10,14,17H,4,7-9,11H2,1-3H3. The van der Waals surface area contributed by atoms with Gasteiger partial charge in [-0.25, -0.2) is 0 Å². The number of carbonyl (C=O) groups is 1. The van der Waals surface area contributed by atoms with Gasteiger partial charge in [-0.05, 0) is 43.5 Å². The van der Waals surface area contributed by atoms with Crippen molar-refractivity contribution < 1.29 is 9.53 Å². The van der Waals surface area contributed by atoms with Gasteiger partial charge >= 0.3 is 0 Å². The predicted molar refractivity (Wildman–Crippen MR) is 81.3 cm³/mol. The summed E-state index contributed by atoms with van der Waals surface area (Å²) in [6, 6.07) is 6.07. The average Bonchev–Trinajstić information content (AvgIpc) is 2.98. The maximum atomic E-state index is 12.5. The molecule has 0 saturated carbocycles. The molecule has 0 spiro atoms. The number of rotatable bonds is 5. The minimum Gasteiger partial charge on any atom is -0.385 e. The molecule has 2 rings (SSSR count). The van der Waals surface area contributed by atoms with Crippen molar-refractivity contribution in [2.24, 2.45) is 0 Å². The van der Waals surface area contributed by atoms with E-state index in [1.54, 1.807) is 4.90 Å². The maximum Gasteiger partial charge on any atom is 0.253 e. The van der Waals surface area contributed by atoms with Gasteiger partial charge in [-0.1, -0.05) is 6.92 Å². The summed E-state index contributed by atoms with van der Waals surface area (Å²) in [5.74, 6) is 0.0747. The molecule has 0 radical (unpaired) electrons. The molecular formula is C16H24N2O2. The zero-order valence-electron chi connectivity index (χ0n) is 12.6. The molecule has 1 aromatic rings. The second kappa shape index (κ2) is 6.75. The molecule has 20 heavy (non-hydrogen) atoms. The highest BCUT2D eigenvalue weighted by molar-refractivity contribution is 5.95. The van der Waals surface area contributed by atoms with Crippen molar-refractivity contribution in [3.05, 3.63) is 29.3 Å². The number of nitrogens with zero attached hydrogens (tertiary/aromatic N) is 1. The highest BCUT2D eigenvalue weighted by Crippen LogP contribution is 2.19. The number of aryl methyl sites for hydroxylation is 1. The number of anilines is 1. The van der Waals surface area contributed by atoms with Crippen molar-refractivity contribution in [2.45, 2.75) is 32.7 Å². The van der Waals surface area contributed by atoms with E-state index in [-0.39, 0.29) is 11.9 Å². The highest BCUT2D eigenvalue weighted by atomic mass is 16.5. The van der Waals surface area contributed by atoms with Gasteiger partial charge in [0.2, 0.25) is 0 Å². The zero-order valence-corrected chi connectivity index (χ0v) is 12.6. The Kier molecular flexibility index (Phi) is 5.01. The fourth-order valence-electron chi connectivity index (χ4n) is 2.45. The van der Waals surface area contributed by atoms with Crippen LogP contribution in [0.4, 0.5) is 5.69 Å². The number of carbonyl (C=O) groups excluding carboxylic acids is 1. The molecule has 4 nitrogen and oxygen atoms in total. The molecule has 4 heteroatoms. The lowest BCUT2D eigenvalue weighted by molar-refractivity contribution is 0.0711. The fourth-order valence-corrected chi connectivity index (χ4v) is 2.45. The number of hydrogen-bond acceptors (Lipinski definition) is 3. The molecule has 1 fully saturated rings. The Morgan fingerprint density at radius 2 is 2.30 bits per heavy atom. The van der Waals surface area contributed by atoms with Crippen LogP contribution in [0, 0.1) is 6.92 Å². The molecule has 0 bridgehead atoms. The number of nitrogens with one attached hydrogen (secondary N) is 1. The van der Waals surface area contributed by atoms with Gasteiger partial charge in [-0.3, -0.25) is 4.79 Å². The van der Waals surface area contributed by atoms with Crippen molar-refractivity contribution >= 4 is 11.6 Å². The van der Waals surface area contributed by atoms with Crippen LogP contribution in [-0.2, 0) is 4.74 Å². The molecule has 1 amide bonds. The van der Waals surface area contributed by atoms with E-state index in [0.29, 0.717) is 6.61 Å². The van der Waals surface area contributed by atoms with Crippen molar-refractivity contribution in [3.63, 3.8) is 0 Å².